The molecule has 0 fully saturated rings. The fraction of sp³-hybridized carbons (Fsp3) is 0.727. The highest BCUT2D eigenvalue weighted by molar-refractivity contribution is 6.31. The van der Waals surface area contributed by atoms with Crippen molar-refractivity contribution in [2.45, 2.75) is 26.9 Å². The zero-order valence-corrected chi connectivity index (χ0v) is 11.3. The van der Waals surface area contributed by atoms with Crippen LogP contribution in [0.25, 0.3) is 0 Å². The number of nitrogens with one attached hydrogen (secondary N) is 1. The molecule has 92 valence electrons. The molecule has 0 amide bonds. The molecule has 16 heavy (non-hydrogen) atoms. The summed E-state index contributed by atoms with van der Waals surface area (Å²) >= 11 is 6.25. The largest absolute Gasteiger partial charge is 0.318 e. The van der Waals surface area contributed by atoms with Gasteiger partial charge in [-0.2, -0.15) is 5.10 Å². The molecule has 1 heterocycles. The smallest absolute Gasteiger partial charge is 0.0860 e. The number of rotatable bonds is 6. The predicted octanol–water partition coefficient (Wildman–Crippen LogP) is 1.52. The molecule has 0 aliphatic rings. The topological polar surface area (TPSA) is 33.1 Å². The minimum absolute atomic E-state index is 0.804. The van der Waals surface area contributed by atoms with Gasteiger partial charge in [-0.05, 0) is 27.9 Å². The van der Waals surface area contributed by atoms with Crippen LogP contribution in [0, 0.1) is 6.92 Å². The van der Waals surface area contributed by atoms with Crippen molar-refractivity contribution in [3.63, 3.8) is 0 Å². The molecule has 0 unspecified atom stereocenters. The maximum Gasteiger partial charge on any atom is 0.0860 e. The highest BCUT2D eigenvalue weighted by atomic mass is 35.5. The van der Waals surface area contributed by atoms with Crippen molar-refractivity contribution in [3.05, 3.63) is 16.4 Å². The predicted molar refractivity (Wildman–Crippen MR) is 67.9 cm³/mol. The van der Waals surface area contributed by atoms with Crippen molar-refractivity contribution in [1.82, 2.24) is 20.0 Å². The lowest BCUT2D eigenvalue weighted by Crippen LogP contribution is -2.28. The van der Waals surface area contributed by atoms with Crippen LogP contribution in [0.3, 0.4) is 0 Å². The average Bonchev–Trinajstić information content (AvgIpc) is 2.54. The number of likely N-dealkylation sites (N-methyl/N-ethyl adjacent to an activating group) is 2. The van der Waals surface area contributed by atoms with Crippen molar-refractivity contribution in [1.29, 1.82) is 0 Å². The van der Waals surface area contributed by atoms with Gasteiger partial charge in [0.15, 0.2) is 0 Å². The molecular formula is C11H21ClN4. The third kappa shape index (κ3) is 3.20. The highest BCUT2D eigenvalue weighted by Gasteiger charge is 2.13. The van der Waals surface area contributed by atoms with Crippen LogP contribution < -0.4 is 5.32 Å². The number of hydrogen-bond donors (Lipinski definition) is 1. The lowest BCUT2D eigenvalue weighted by atomic mass is 10.3. The molecule has 1 aromatic heterocycles. The Morgan fingerprint density at radius 3 is 2.75 bits per heavy atom. The van der Waals surface area contributed by atoms with E-state index in [-0.39, 0.29) is 0 Å². The van der Waals surface area contributed by atoms with E-state index in [0.29, 0.717) is 0 Å². The third-order valence-corrected chi connectivity index (χ3v) is 3.11. The van der Waals surface area contributed by atoms with Crippen LogP contribution in [0.4, 0.5) is 0 Å². The van der Waals surface area contributed by atoms with E-state index in [1.165, 1.54) is 0 Å². The Hall–Kier alpha value is -0.580. The van der Waals surface area contributed by atoms with Crippen molar-refractivity contribution >= 4 is 11.6 Å². The molecule has 1 N–H and O–H groups in total. The number of halogens is 1. The van der Waals surface area contributed by atoms with Gasteiger partial charge in [0.05, 0.1) is 16.4 Å². The van der Waals surface area contributed by atoms with E-state index in [9.17, 15) is 0 Å². The molecule has 0 aromatic carbocycles. The van der Waals surface area contributed by atoms with E-state index in [2.05, 4.69) is 29.3 Å². The summed E-state index contributed by atoms with van der Waals surface area (Å²) in [6.07, 6.45) is 0. The Bertz CT molecular complexity index is 335. The van der Waals surface area contributed by atoms with Crippen LogP contribution in [0.15, 0.2) is 0 Å². The Morgan fingerprint density at radius 1 is 1.50 bits per heavy atom. The van der Waals surface area contributed by atoms with Crippen molar-refractivity contribution in [3.8, 4) is 0 Å². The lowest BCUT2D eigenvalue weighted by Gasteiger charge is -2.17. The van der Waals surface area contributed by atoms with Gasteiger partial charge in [0.25, 0.3) is 0 Å². The van der Waals surface area contributed by atoms with Crippen molar-refractivity contribution in [2.24, 2.45) is 0 Å². The van der Waals surface area contributed by atoms with Crippen LogP contribution >= 0.6 is 11.6 Å². The molecule has 1 aromatic rings. The Kier molecular flexibility index (Phi) is 5.25. The summed E-state index contributed by atoms with van der Waals surface area (Å²) < 4.78 is 1.98. The van der Waals surface area contributed by atoms with Gasteiger partial charge in [-0.15, -0.1) is 0 Å². The summed E-state index contributed by atoms with van der Waals surface area (Å²) in [7, 11) is 4.05. The number of aromatic nitrogens is 2. The van der Waals surface area contributed by atoms with Gasteiger partial charge in [-0.1, -0.05) is 11.6 Å². The molecule has 0 saturated heterocycles. The molecular weight excluding hydrogens is 224 g/mol. The molecule has 0 aliphatic carbocycles. The van der Waals surface area contributed by atoms with E-state index in [0.717, 1.165) is 42.6 Å². The zero-order valence-electron chi connectivity index (χ0n) is 10.5. The molecule has 0 atom stereocenters. The number of aryl methyl sites for hydroxylation is 2. The molecule has 0 saturated carbocycles. The number of hydrogen-bond acceptors (Lipinski definition) is 3. The van der Waals surface area contributed by atoms with Crippen molar-refractivity contribution < 1.29 is 0 Å². The molecule has 5 heteroatoms. The van der Waals surface area contributed by atoms with E-state index >= 15 is 0 Å². The van der Waals surface area contributed by atoms with Crippen LogP contribution in [0.1, 0.15) is 18.3 Å². The van der Waals surface area contributed by atoms with Gasteiger partial charge in [0.2, 0.25) is 0 Å². The van der Waals surface area contributed by atoms with Crippen LogP contribution in [0.5, 0.6) is 0 Å². The lowest BCUT2D eigenvalue weighted by molar-refractivity contribution is 0.316. The summed E-state index contributed by atoms with van der Waals surface area (Å²) in [5.41, 5.74) is 2.03. The molecule has 1 rings (SSSR count). The van der Waals surface area contributed by atoms with E-state index in [4.69, 9.17) is 11.6 Å². The fourth-order valence-corrected chi connectivity index (χ4v) is 1.85. The molecule has 0 aliphatic heterocycles. The number of nitrogens with zero attached hydrogens (tertiary/aromatic N) is 3. The molecule has 0 radical (unpaired) electrons. The SMILES string of the molecule is CCn1nc(C)c(Cl)c1CN(C)CCNC. The summed E-state index contributed by atoms with van der Waals surface area (Å²) in [4.78, 5) is 2.24. The second-order valence-electron chi connectivity index (χ2n) is 4.00. The van der Waals surface area contributed by atoms with E-state index < -0.39 is 0 Å². The zero-order chi connectivity index (χ0) is 12.1. The third-order valence-electron chi connectivity index (χ3n) is 2.62. The average molecular weight is 245 g/mol. The first kappa shape index (κ1) is 13.5. The quantitative estimate of drug-likeness (QED) is 0.824. The Balaban J connectivity index is 2.71. The second-order valence-corrected chi connectivity index (χ2v) is 4.38. The second kappa shape index (κ2) is 6.23. The summed E-state index contributed by atoms with van der Waals surface area (Å²) in [5.74, 6) is 0. The van der Waals surface area contributed by atoms with Gasteiger partial charge in [0.1, 0.15) is 0 Å². The summed E-state index contributed by atoms with van der Waals surface area (Å²) in [6, 6.07) is 0. The minimum atomic E-state index is 0.804. The minimum Gasteiger partial charge on any atom is -0.318 e. The van der Waals surface area contributed by atoms with Gasteiger partial charge in [-0.3, -0.25) is 9.58 Å². The highest BCUT2D eigenvalue weighted by Crippen LogP contribution is 2.21. The maximum absolute atomic E-state index is 6.25. The van der Waals surface area contributed by atoms with Crippen molar-refractivity contribution in [2.75, 3.05) is 27.2 Å². The summed E-state index contributed by atoms with van der Waals surface area (Å²) in [6.45, 7) is 7.72. The van der Waals surface area contributed by atoms with Crippen LogP contribution in [-0.2, 0) is 13.1 Å². The standard InChI is InChI=1S/C11H21ClN4/c1-5-16-10(11(12)9(2)14-16)8-15(4)7-6-13-3/h13H,5-8H2,1-4H3. The first-order chi connectivity index (χ1) is 7.60. The molecule has 0 bridgehead atoms. The first-order valence-electron chi connectivity index (χ1n) is 5.65. The van der Waals surface area contributed by atoms with Gasteiger partial charge in [-0.25, -0.2) is 0 Å². The van der Waals surface area contributed by atoms with Crippen LogP contribution in [-0.4, -0.2) is 41.9 Å². The Morgan fingerprint density at radius 2 is 2.19 bits per heavy atom. The molecule has 4 nitrogen and oxygen atoms in total. The monoisotopic (exact) mass is 244 g/mol. The van der Waals surface area contributed by atoms with Gasteiger partial charge < -0.3 is 5.32 Å². The van der Waals surface area contributed by atoms with E-state index in [1.807, 2.05) is 18.7 Å². The van der Waals surface area contributed by atoms with Crippen LogP contribution in [0.2, 0.25) is 5.02 Å². The normalized spacial score (nSPS) is 11.4. The van der Waals surface area contributed by atoms with E-state index in [1.54, 1.807) is 0 Å². The maximum atomic E-state index is 6.25. The first-order valence-corrected chi connectivity index (χ1v) is 6.02. The Labute approximate surface area is 103 Å². The summed E-state index contributed by atoms with van der Waals surface area (Å²) in [5, 5.41) is 8.34. The van der Waals surface area contributed by atoms with Gasteiger partial charge >= 0.3 is 0 Å². The molecule has 0 spiro atoms. The fourth-order valence-electron chi connectivity index (χ4n) is 1.66. The van der Waals surface area contributed by atoms with Gasteiger partial charge in [0, 0.05) is 26.2 Å².